The van der Waals surface area contributed by atoms with Crippen LogP contribution in [0.4, 0.5) is 34.1 Å². The van der Waals surface area contributed by atoms with Gasteiger partial charge >= 0.3 is 0 Å². The van der Waals surface area contributed by atoms with Gasteiger partial charge in [0, 0.05) is 57.8 Å². The summed E-state index contributed by atoms with van der Waals surface area (Å²) in [7, 11) is 0. The molecule has 0 aliphatic carbocycles. The number of anilines is 6. The lowest BCUT2D eigenvalue weighted by Gasteiger charge is -2.52. The monoisotopic (exact) mass is 658 g/mol. The fraction of sp³-hybridized carbons (Fsp3) is 0.149. The van der Waals surface area contributed by atoms with Crippen LogP contribution in [0.25, 0.3) is 22.5 Å². The van der Waals surface area contributed by atoms with Crippen LogP contribution in [-0.2, 0) is 17.3 Å². The Kier molecular flexibility index (Phi) is 6.30. The lowest BCUT2D eigenvalue weighted by atomic mass is 9.64. The molecule has 3 aliphatic rings. The largest absolute Gasteiger partial charge is 0.310 e. The van der Waals surface area contributed by atoms with E-state index >= 15 is 0 Å². The molecule has 4 nitrogen and oxygen atoms in total. The molecule has 10 rings (SSSR count). The molecular formula is C47H38N4. The van der Waals surface area contributed by atoms with Gasteiger partial charge in [-0.1, -0.05) is 100 Å². The first-order valence-electron chi connectivity index (χ1n) is 17.9. The molecule has 7 aromatic rings. The first-order chi connectivity index (χ1) is 24.8. The van der Waals surface area contributed by atoms with E-state index in [0.29, 0.717) is 0 Å². The van der Waals surface area contributed by atoms with Crippen molar-refractivity contribution >= 4 is 34.1 Å². The maximum atomic E-state index is 4.71. The zero-order valence-corrected chi connectivity index (χ0v) is 29.4. The second kappa shape index (κ2) is 10.7. The highest BCUT2D eigenvalue weighted by molar-refractivity contribution is 5.98. The van der Waals surface area contributed by atoms with Crippen LogP contribution in [0.15, 0.2) is 146 Å². The number of rotatable bonds is 5. The molecule has 246 valence electrons. The van der Waals surface area contributed by atoms with Gasteiger partial charge in [-0.2, -0.15) is 0 Å². The van der Waals surface area contributed by atoms with E-state index in [0.717, 1.165) is 46.0 Å². The standard InChI is InChI=1S/C47H38N4/c1-46(2)37-19-11-15-32-25-33-16-12-20-38-44(33)51(43(32)37)45-39(46)28-36(29-40(45)47(38,3)4)50(34-17-9-13-30(26-34)41-21-5-7-23-48-41)35-18-10-14-31(27-35)42-22-6-8-24-49-42/h5-24,26-29H,25H2,1-4H3. The molecule has 0 saturated heterocycles. The van der Waals surface area contributed by atoms with E-state index in [1.54, 1.807) is 0 Å². The van der Waals surface area contributed by atoms with Gasteiger partial charge in [-0.15, -0.1) is 0 Å². The van der Waals surface area contributed by atoms with Crippen molar-refractivity contribution in [2.75, 3.05) is 9.80 Å². The molecule has 0 saturated carbocycles. The molecule has 0 N–H and O–H groups in total. The topological polar surface area (TPSA) is 32.3 Å². The minimum absolute atomic E-state index is 0.223. The minimum atomic E-state index is -0.223. The van der Waals surface area contributed by atoms with E-state index < -0.39 is 0 Å². The number of para-hydroxylation sites is 2. The van der Waals surface area contributed by atoms with Crippen LogP contribution in [0, 0.1) is 0 Å². The van der Waals surface area contributed by atoms with Crippen molar-refractivity contribution in [2.45, 2.75) is 44.9 Å². The Morgan fingerprint density at radius 1 is 0.471 bits per heavy atom. The fourth-order valence-electron chi connectivity index (χ4n) is 8.90. The molecule has 0 radical (unpaired) electrons. The summed E-state index contributed by atoms with van der Waals surface area (Å²) in [4.78, 5) is 14.5. The van der Waals surface area contributed by atoms with Crippen molar-refractivity contribution in [3.63, 3.8) is 0 Å². The molecule has 2 aromatic heterocycles. The van der Waals surface area contributed by atoms with Crippen molar-refractivity contribution < 1.29 is 0 Å². The summed E-state index contributed by atoms with van der Waals surface area (Å²) in [6.07, 6.45) is 4.69. The Bertz CT molecular complexity index is 2350. The smallest absolute Gasteiger partial charge is 0.0702 e. The highest BCUT2D eigenvalue weighted by atomic mass is 15.2. The van der Waals surface area contributed by atoms with Gasteiger partial charge in [0.15, 0.2) is 0 Å². The predicted octanol–water partition coefficient (Wildman–Crippen LogP) is 11.9. The number of nitrogens with zero attached hydrogens (tertiary/aromatic N) is 4. The van der Waals surface area contributed by atoms with E-state index in [1.165, 1.54) is 50.4 Å². The third-order valence-electron chi connectivity index (χ3n) is 11.5. The van der Waals surface area contributed by atoms with Gasteiger partial charge in [0.1, 0.15) is 0 Å². The van der Waals surface area contributed by atoms with Gasteiger partial charge in [0.05, 0.1) is 28.5 Å². The fourth-order valence-corrected chi connectivity index (χ4v) is 8.90. The van der Waals surface area contributed by atoms with Crippen LogP contribution < -0.4 is 9.80 Å². The van der Waals surface area contributed by atoms with Crippen molar-refractivity contribution in [3.05, 3.63) is 179 Å². The molecule has 3 aliphatic heterocycles. The Morgan fingerprint density at radius 3 is 1.43 bits per heavy atom. The van der Waals surface area contributed by atoms with E-state index in [-0.39, 0.29) is 10.8 Å². The third kappa shape index (κ3) is 4.32. The highest BCUT2D eigenvalue weighted by Gasteiger charge is 2.48. The van der Waals surface area contributed by atoms with Crippen molar-refractivity contribution in [1.82, 2.24) is 9.97 Å². The van der Waals surface area contributed by atoms with E-state index in [1.807, 2.05) is 24.5 Å². The van der Waals surface area contributed by atoms with E-state index in [4.69, 9.17) is 9.97 Å². The van der Waals surface area contributed by atoms with Crippen LogP contribution in [0.1, 0.15) is 61.1 Å². The third-order valence-corrected chi connectivity index (χ3v) is 11.5. The number of pyridine rings is 2. The SMILES string of the molecule is CC1(C)c2cccc3c2N2c4c(cccc4C(C)(C)c4cc(N(c5cccc(-c6ccccn6)c5)c5cccc(-c6ccccn6)c5)cc1c42)C3. The van der Waals surface area contributed by atoms with Crippen molar-refractivity contribution in [2.24, 2.45) is 0 Å². The van der Waals surface area contributed by atoms with Crippen LogP contribution in [0.5, 0.6) is 0 Å². The molecule has 5 aromatic carbocycles. The van der Waals surface area contributed by atoms with Crippen LogP contribution in [0.3, 0.4) is 0 Å². The van der Waals surface area contributed by atoms with E-state index in [2.05, 4.69) is 159 Å². The maximum Gasteiger partial charge on any atom is 0.0702 e. The summed E-state index contributed by atoms with van der Waals surface area (Å²) < 4.78 is 0. The molecule has 0 bridgehead atoms. The normalized spacial score (nSPS) is 15.3. The quantitative estimate of drug-likeness (QED) is 0.184. The number of hydrogen-bond acceptors (Lipinski definition) is 4. The molecule has 4 heteroatoms. The first-order valence-corrected chi connectivity index (χ1v) is 17.9. The molecule has 0 unspecified atom stereocenters. The lowest BCUT2D eigenvalue weighted by molar-refractivity contribution is 0.593. The average Bonchev–Trinajstić information content (AvgIpc) is 3.16. The van der Waals surface area contributed by atoms with Gasteiger partial charge in [0.2, 0.25) is 0 Å². The lowest BCUT2D eigenvalue weighted by Crippen LogP contribution is -2.40. The summed E-state index contributed by atoms with van der Waals surface area (Å²) in [5, 5.41) is 0. The second-order valence-electron chi connectivity index (χ2n) is 15.1. The summed E-state index contributed by atoms with van der Waals surface area (Å²) in [6, 6.07) is 48.6. The Morgan fingerprint density at radius 2 is 0.961 bits per heavy atom. The van der Waals surface area contributed by atoms with Crippen molar-refractivity contribution in [1.29, 1.82) is 0 Å². The second-order valence-corrected chi connectivity index (χ2v) is 15.1. The Hall–Kier alpha value is -6.00. The summed E-state index contributed by atoms with van der Waals surface area (Å²) >= 11 is 0. The summed E-state index contributed by atoms with van der Waals surface area (Å²) in [5.41, 5.74) is 19.3. The maximum absolute atomic E-state index is 4.71. The molecule has 0 fully saturated rings. The van der Waals surface area contributed by atoms with Gasteiger partial charge in [-0.05, 0) is 94.0 Å². The Labute approximate surface area is 299 Å². The number of hydrogen-bond donors (Lipinski definition) is 0. The highest BCUT2D eigenvalue weighted by Crippen LogP contribution is 2.64. The van der Waals surface area contributed by atoms with Crippen LogP contribution in [-0.4, -0.2) is 9.97 Å². The van der Waals surface area contributed by atoms with Crippen LogP contribution >= 0.6 is 0 Å². The zero-order chi connectivity index (χ0) is 34.5. The van der Waals surface area contributed by atoms with Gasteiger partial charge in [-0.3, -0.25) is 9.97 Å². The van der Waals surface area contributed by atoms with Gasteiger partial charge in [0.25, 0.3) is 0 Å². The average molecular weight is 659 g/mol. The van der Waals surface area contributed by atoms with Crippen LogP contribution in [0.2, 0.25) is 0 Å². The van der Waals surface area contributed by atoms with Crippen molar-refractivity contribution in [3.8, 4) is 22.5 Å². The zero-order valence-electron chi connectivity index (χ0n) is 29.4. The molecule has 51 heavy (non-hydrogen) atoms. The summed E-state index contributed by atoms with van der Waals surface area (Å²) in [6.45, 7) is 9.65. The molecular weight excluding hydrogens is 621 g/mol. The predicted molar refractivity (Wildman–Crippen MR) is 209 cm³/mol. The molecule has 0 amide bonds. The Balaban J connectivity index is 1.26. The van der Waals surface area contributed by atoms with Gasteiger partial charge in [-0.25, -0.2) is 0 Å². The van der Waals surface area contributed by atoms with Gasteiger partial charge < -0.3 is 9.80 Å². The minimum Gasteiger partial charge on any atom is -0.310 e. The first kappa shape index (κ1) is 29.9. The molecule has 0 spiro atoms. The number of benzene rings is 5. The van der Waals surface area contributed by atoms with E-state index in [9.17, 15) is 0 Å². The molecule has 0 atom stereocenters. The molecule has 5 heterocycles. The summed E-state index contributed by atoms with van der Waals surface area (Å²) in [5.74, 6) is 0. The number of aromatic nitrogens is 2.